The van der Waals surface area contributed by atoms with Crippen molar-refractivity contribution >= 4 is 6.72 Å². The zero-order chi connectivity index (χ0) is 16.9. The van der Waals surface area contributed by atoms with Gasteiger partial charge in [0.15, 0.2) is 0 Å². The van der Waals surface area contributed by atoms with Gasteiger partial charge in [-0.25, -0.2) is 4.98 Å². The van der Waals surface area contributed by atoms with Crippen LogP contribution in [0.1, 0.15) is 25.5 Å². The number of aromatic nitrogens is 1. The summed E-state index contributed by atoms with van der Waals surface area (Å²) in [5.41, 5.74) is 0.616. The predicted molar refractivity (Wildman–Crippen MR) is 86.6 cm³/mol. The lowest BCUT2D eigenvalue weighted by atomic mass is 10.3. The van der Waals surface area contributed by atoms with Gasteiger partial charge in [-0.05, 0) is 50.8 Å². The second-order valence-electron chi connectivity index (χ2n) is 4.49. The lowest BCUT2D eigenvalue weighted by Gasteiger charge is -2.07. The molecular weight excluding hydrogens is 292 g/mol. The highest BCUT2D eigenvalue weighted by Crippen LogP contribution is 2.09. The Morgan fingerprint density at radius 1 is 1.30 bits per heavy atom. The molecule has 1 aromatic rings. The van der Waals surface area contributed by atoms with E-state index in [-0.39, 0.29) is 5.70 Å². The monoisotopic (exact) mass is 310 g/mol. The molecule has 6 nitrogen and oxygen atoms in total. The summed E-state index contributed by atoms with van der Waals surface area (Å²) < 4.78 is 11.0. The largest absolute Gasteiger partial charge is 0.498 e. The summed E-state index contributed by atoms with van der Waals surface area (Å²) >= 11 is 0. The summed E-state index contributed by atoms with van der Waals surface area (Å²) in [5.74, 6) is 1.35. The summed E-state index contributed by atoms with van der Waals surface area (Å²) in [6.45, 7) is 6.23. The molecule has 1 rings (SSSR count). The molecule has 0 fully saturated rings. The van der Waals surface area contributed by atoms with E-state index in [0.29, 0.717) is 30.4 Å². The van der Waals surface area contributed by atoms with Crippen molar-refractivity contribution in [2.75, 3.05) is 13.2 Å². The molecule has 23 heavy (non-hydrogen) atoms. The van der Waals surface area contributed by atoms with Gasteiger partial charge < -0.3 is 9.47 Å². The number of unbranched alkanes of at least 4 members (excludes halogenated alkanes) is 1. The Morgan fingerprint density at radius 2 is 2.09 bits per heavy atom. The van der Waals surface area contributed by atoms with E-state index in [1.54, 1.807) is 24.3 Å². The van der Waals surface area contributed by atoms with E-state index in [1.165, 1.54) is 6.20 Å². The molecule has 0 saturated carbocycles. The van der Waals surface area contributed by atoms with Crippen molar-refractivity contribution in [2.45, 2.75) is 19.8 Å². The minimum absolute atomic E-state index is 0.248. The van der Waals surface area contributed by atoms with Gasteiger partial charge in [-0.1, -0.05) is 0 Å². The first kappa shape index (κ1) is 17.9. The Bertz CT molecular complexity index is 649. The van der Waals surface area contributed by atoms with Gasteiger partial charge in [-0.2, -0.15) is 10.5 Å². The molecule has 0 aliphatic heterocycles. The SMILES string of the molecule is C=N/C(C#N)=C\C=C(/C)OCCCCOc1ccc(C#N)nc1. The molecule has 0 aliphatic carbocycles. The number of hydrogen-bond acceptors (Lipinski definition) is 6. The standard InChI is InChI=1S/C17H18N4O2/c1-14(5-6-15(11-18)20-2)22-9-3-4-10-23-17-8-7-16(12-19)21-13-17/h5-8,13H,2-4,9-10H2,1H3/b14-5+,15-6-. The number of rotatable bonds is 9. The minimum Gasteiger partial charge on any atom is -0.498 e. The van der Waals surface area contributed by atoms with Crippen molar-refractivity contribution in [2.24, 2.45) is 4.99 Å². The topological polar surface area (TPSA) is 91.3 Å². The van der Waals surface area contributed by atoms with Crippen molar-refractivity contribution in [3.05, 3.63) is 47.6 Å². The first-order valence-electron chi connectivity index (χ1n) is 7.06. The van der Waals surface area contributed by atoms with Crippen molar-refractivity contribution in [1.29, 1.82) is 10.5 Å². The van der Waals surface area contributed by atoms with Crippen LogP contribution in [0.25, 0.3) is 0 Å². The Morgan fingerprint density at radius 3 is 2.70 bits per heavy atom. The summed E-state index contributed by atoms with van der Waals surface area (Å²) in [7, 11) is 0. The minimum atomic E-state index is 0.248. The average Bonchev–Trinajstić information content (AvgIpc) is 2.59. The van der Waals surface area contributed by atoms with Gasteiger partial charge in [-0.15, -0.1) is 0 Å². The molecule has 6 heteroatoms. The van der Waals surface area contributed by atoms with E-state index in [0.717, 1.165) is 12.8 Å². The van der Waals surface area contributed by atoms with E-state index in [2.05, 4.69) is 16.7 Å². The second-order valence-corrected chi connectivity index (χ2v) is 4.49. The summed E-state index contributed by atoms with van der Waals surface area (Å²) in [5, 5.41) is 17.3. The number of nitrogens with zero attached hydrogens (tertiary/aromatic N) is 4. The number of nitriles is 2. The zero-order valence-electron chi connectivity index (χ0n) is 13.0. The lowest BCUT2D eigenvalue weighted by molar-refractivity contribution is 0.197. The maximum atomic E-state index is 8.68. The first-order valence-corrected chi connectivity index (χ1v) is 7.06. The van der Waals surface area contributed by atoms with Crippen LogP contribution in [0.3, 0.4) is 0 Å². The van der Waals surface area contributed by atoms with E-state index in [1.807, 2.05) is 19.1 Å². The van der Waals surface area contributed by atoms with E-state index < -0.39 is 0 Å². The molecule has 118 valence electrons. The third-order valence-electron chi connectivity index (χ3n) is 2.75. The van der Waals surface area contributed by atoms with Gasteiger partial charge in [0.25, 0.3) is 0 Å². The van der Waals surface area contributed by atoms with Crippen LogP contribution in [0.2, 0.25) is 0 Å². The van der Waals surface area contributed by atoms with Crippen molar-refractivity contribution < 1.29 is 9.47 Å². The molecule has 0 saturated heterocycles. The quantitative estimate of drug-likeness (QED) is 0.230. The van der Waals surface area contributed by atoms with Gasteiger partial charge in [0.05, 0.1) is 25.2 Å². The maximum absolute atomic E-state index is 8.68. The molecule has 0 aromatic carbocycles. The van der Waals surface area contributed by atoms with Crippen LogP contribution in [-0.2, 0) is 4.74 Å². The van der Waals surface area contributed by atoms with Crippen molar-refractivity contribution in [3.63, 3.8) is 0 Å². The Balaban J connectivity index is 2.19. The Hall–Kier alpha value is -3.12. The summed E-state index contributed by atoms with van der Waals surface area (Å²) in [6, 6.07) is 7.20. The van der Waals surface area contributed by atoms with Gasteiger partial charge in [0, 0.05) is 0 Å². The second kappa shape index (κ2) is 10.6. The molecule has 0 N–H and O–H groups in total. The van der Waals surface area contributed by atoms with E-state index in [9.17, 15) is 0 Å². The lowest BCUT2D eigenvalue weighted by Crippen LogP contribution is -2.00. The van der Waals surface area contributed by atoms with Crippen LogP contribution in [-0.4, -0.2) is 24.9 Å². The fourth-order valence-electron chi connectivity index (χ4n) is 1.53. The number of hydrogen-bond donors (Lipinski definition) is 0. The van der Waals surface area contributed by atoms with Gasteiger partial charge in [0.1, 0.15) is 29.3 Å². The number of ether oxygens (including phenoxy) is 2. The maximum Gasteiger partial charge on any atom is 0.140 e. The third kappa shape index (κ3) is 7.45. The normalized spacial score (nSPS) is 11.3. The molecule has 0 amide bonds. The molecule has 1 aromatic heterocycles. The van der Waals surface area contributed by atoms with Crippen LogP contribution in [0, 0.1) is 22.7 Å². The highest BCUT2D eigenvalue weighted by molar-refractivity contribution is 5.36. The fraction of sp³-hybridized carbons (Fsp3) is 0.294. The first-order chi connectivity index (χ1) is 11.2. The molecular formula is C17H18N4O2. The van der Waals surface area contributed by atoms with Crippen LogP contribution in [0.15, 0.2) is 46.9 Å². The Kier molecular flexibility index (Phi) is 8.25. The van der Waals surface area contributed by atoms with E-state index in [4.69, 9.17) is 20.0 Å². The Labute approximate surface area is 136 Å². The molecule has 0 aliphatic rings. The molecule has 1 heterocycles. The van der Waals surface area contributed by atoms with Crippen LogP contribution >= 0.6 is 0 Å². The summed E-state index contributed by atoms with van der Waals surface area (Å²) in [4.78, 5) is 7.47. The number of allylic oxidation sites excluding steroid dienone is 4. The van der Waals surface area contributed by atoms with Crippen molar-refractivity contribution in [1.82, 2.24) is 4.98 Å². The van der Waals surface area contributed by atoms with Crippen molar-refractivity contribution in [3.8, 4) is 17.9 Å². The zero-order valence-corrected chi connectivity index (χ0v) is 13.0. The van der Waals surface area contributed by atoms with Gasteiger partial charge in [-0.3, -0.25) is 4.99 Å². The van der Waals surface area contributed by atoms with Gasteiger partial charge >= 0.3 is 0 Å². The molecule has 0 radical (unpaired) electrons. The van der Waals surface area contributed by atoms with E-state index >= 15 is 0 Å². The van der Waals surface area contributed by atoms with Crippen LogP contribution in [0.4, 0.5) is 0 Å². The average molecular weight is 310 g/mol. The predicted octanol–water partition coefficient (Wildman–Crippen LogP) is 3.14. The molecule has 0 unspecified atom stereocenters. The van der Waals surface area contributed by atoms with Crippen LogP contribution < -0.4 is 4.74 Å². The highest BCUT2D eigenvalue weighted by Gasteiger charge is 1.97. The molecule has 0 atom stereocenters. The fourth-order valence-corrected chi connectivity index (χ4v) is 1.53. The number of pyridine rings is 1. The highest BCUT2D eigenvalue weighted by atomic mass is 16.5. The molecule has 0 spiro atoms. The third-order valence-corrected chi connectivity index (χ3v) is 2.75. The number of aliphatic imine (C=N–C) groups is 1. The molecule has 0 bridgehead atoms. The van der Waals surface area contributed by atoms with Crippen LogP contribution in [0.5, 0.6) is 5.75 Å². The summed E-state index contributed by atoms with van der Waals surface area (Å²) in [6.07, 6.45) is 6.45. The van der Waals surface area contributed by atoms with Gasteiger partial charge in [0.2, 0.25) is 0 Å². The smallest absolute Gasteiger partial charge is 0.140 e.